The topological polar surface area (TPSA) is 15.3 Å². The van der Waals surface area contributed by atoms with E-state index in [-0.39, 0.29) is 6.04 Å². The standard InChI is InChI=1S/C13H25F3N2/c1-10(2)18-7-4-5-12(6-8-18)17-11(3)9-13(14,15)16/h10-12,17H,4-9H2,1-3H3. The Morgan fingerprint density at radius 1 is 1.17 bits per heavy atom. The van der Waals surface area contributed by atoms with E-state index < -0.39 is 18.6 Å². The first-order chi connectivity index (χ1) is 8.28. The molecule has 2 unspecified atom stereocenters. The molecule has 1 N–H and O–H groups in total. The number of nitrogens with zero attached hydrogens (tertiary/aromatic N) is 1. The Bertz CT molecular complexity index is 241. The molecule has 18 heavy (non-hydrogen) atoms. The summed E-state index contributed by atoms with van der Waals surface area (Å²) in [5, 5.41) is 3.13. The third-order valence-electron chi connectivity index (χ3n) is 3.55. The summed E-state index contributed by atoms with van der Waals surface area (Å²) in [6, 6.07) is 0.267. The molecule has 1 heterocycles. The van der Waals surface area contributed by atoms with Crippen LogP contribution in [0, 0.1) is 0 Å². The van der Waals surface area contributed by atoms with Gasteiger partial charge in [-0.15, -0.1) is 0 Å². The summed E-state index contributed by atoms with van der Waals surface area (Å²) in [6.07, 6.45) is -1.82. The van der Waals surface area contributed by atoms with Crippen molar-refractivity contribution in [3.63, 3.8) is 0 Å². The molecule has 0 bridgehead atoms. The molecule has 2 nitrogen and oxygen atoms in total. The number of alkyl halides is 3. The first-order valence-electron chi connectivity index (χ1n) is 6.85. The number of halogens is 3. The molecule has 0 aromatic rings. The average Bonchev–Trinajstić information content (AvgIpc) is 2.40. The van der Waals surface area contributed by atoms with Crippen LogP contribution in [0.3, 0.4) is 0 Å². The molecule has 0 amide bonds. The van der Waals surface area contributed by atoms with Crippen molar-refractivity contribution in [3.05, 3.63) is 0 Å². The second kappa shape index (κ2) is 6.75. The molecule has 1 rings (SSSR count). The lowest BCUT2D eigenvalue weighted by molar-refractivity contribution is -0.139. The normalized spacial score (nSPS) is 25.2. The third kappa shape index (κ3) is 6.05. The molecule has 1 aliphatic heterocycles. The van der Waals surface area contributed by atoms with E-state index in [1.807, 2.05) is 0 Å². The number of hydrogen-bond donors (Lipinski definition) is 1. The van der Waals surface area contributed by atoms with Crippen LogP contribution in [0.1, 0.15) is 46.5 Å². The van der Waals surface area contributed by atoms with E-state index in [2.05, 4.69) is 24.1 Å². The van der Waals surface area contributed by atoms with Gasteiger partial charge in [0.25, 0.3) is 0 Å². The fourth-order valence-electron chi connectivity index (χ4n) is 2.61. The molecule has 108 valence electrons. The van der Waals surface area contributed by atoms with Crippen molar-refractivity contribution in [3.8, 4) is 0 Å². The summed E-state index contributed by atoms with van der Waals surface area (Å²) in [7, 11) is 0. The molecule has 1 saturated heterocycles. The van der Waals surface area contributed by atoms with Gasteiger partial charge in [-0.2, -0.15) is 13.2 Å². The van der Waals surface area contributed by atoms with Crippen molar-refractivity contribution >= 4 is 0 Å². The van der Waals surface area contributed by atoms with Crippen LogP contribution in [-0.4, -0.2) is 42.3 Å². The first kappa shape index (κ1) is 15.8. The van der Waals surface area contributed by atoms with Crippen LogP contribution < -0.4 is 5.32 Å². The molecule has 0 radical (unpaired) electrons. The summed E-state index contributed by atoms with van der Waals surface area (Å²) >= 11 is 0. The van der Waals surface area contributed by atoms with Gasteiger partial charge in [0.05, 0.1) is 6.42 Å². The highest BCUT2D eigenvalue weighted by molar-refractivity contribution is 4.79. The van der Waals surface area contributed by atoms with Gasteiger partial charge in [-0.1, -0.05) is 0 Å². The Kier molecular flexibility index (Phi) is 5.92. The molecule has 1 aliphatic rings. The number of nitrogens with one attached hydrogen (secondary N) is 1. The molecule has 2 atom stereocenters. The van der Waals surface area contributed by atoms with E-state index in [1.165, 1.54) is 0 Å². The molecule has 0 spiro atoms. The van der Waals surface area contributed by atoms with Crippen LogP contribution in [0.2, 0.25) is 0 Å². The summed E-state index contributed by atoms with van der Waals surface area (Å²) in [5.74, 6) is 0. The molecule has 0 aromatic heterocycles. The Hall–Kier alpha value is -0.290. The maximum atomic E-state index is 12.3. The molecule has 0 aromatic carbocycles. The van der Waals surface area contributed by atoms with Gasteiger partial charge in [-0.05, 0) is 53.1 Å². The van der Waals surface area contributed by atoms with E-state index in [9.17, 15) is 13.2 Å². The zero-order chi connectivity index (χ0) is 13.8. The third-order valence-corrected chi connectivity index (χ3v) is 3.55. The Morgan fingerprint density at radius 3 is 2.39 bits per heavy atom. The van der Waals surface area contributed by atoms with Gasteiger partial charge in [-0.3, -0.25) is 0 Å². The highest BCUT2D eigenvalue weighted by Gasteiger charge is 2.31. The lowest BCUT2D eigenvalue weighted by atomic mass is 10.1. The van der Waals surface area contributed by atoms with Gasteiger partial charge < -0.3 is 10.2 Å². The predicted octanol–water partition coefficient (Wildman–Crippen LogP) is 3.18. The minimum Gasteiger partial charge on any atom is -0.311 e. The summed E-state index contributed by atoms with van der Waals surface area (Å²) in [5.41, 5.74) is 0. The highest BCUT2D eigenvalue weighted by Crippen LogP contribution is 2.22. The Labute approximate surface area is 108 Å². The monoisotopic (exact) mass is 266 g/mol. The second-order valence-corrected chi connectivity index (χ2v) is 5.64. The van der Waals surface area contributed by atoms with Crippen molar-refractivity contribution in [1.29, 1.82) is 0 Å². The average molecular weight is 266 g/mol. The molecule has 1 fully saturated rings. The van der Waals surface area contributed by atoms with Crippen molar-refractivity contribution < 1.29 is 13.2 Å². The van der Waals surface area contributed by atoms with Gasteiger partial charge in [0.15, 0.2) is 0 Å². The quantitative estimate of drug-likeness (QED) is 0.840. The second-order valence-electron chi connectivity index (χ2n) is 5.64. The van der Waals surface area contributed by atoms with Crippen LogP contribution in [0.25, 0.3) is 0 Å². The minimum atomic E-state index is -4.07. The van der Waals surface area contributed by atoms with Crippen LogP contribution in [0.15, 0.2) is 0 Å². The van der Waals surface area contributed by atoms with Gasteiger partial charge >= 0.3 is 6.18 Å². The van der Waals surface area contributed by atoms with Gasteiger partial charge in [-0.25, -0.2) is 0 Å². The lowest BCUT2D eigenvalue weighted by Crippen LogP contribution is -2.40. The van der Waals surface area contributed by atoms with Crippen molar-refractivity contribution in [2.75, 3.05) is 13.1 Å². The van der Waals surface area contributed by atoms with E-state index >= 15 is 0 Å². The van der Waals surface area contributed by atoms with Crippen LogP contribution in [0.5, 0.6) is 0 Å². The molecule has 0 aliphatic carbocycles. The van der Waals surface area contributed by atoms with Crippen molar-refractivity contribution in [2.24, 2.45) is 0 Å². The van der Waals surface area contributed by atoms with Crippen molar-refractivity contribution in [2.45, 2.75) is 70.8 Å². The number of likely N-dealkylation sites (tertiary alicyclic amines) is 1. The van der Waals surface area contributed by atoms with Crippen LogP contribution in [0.4, 0.5) is 13.2 Å². The van der Waals surface area contributed by atoms with E-state index in [0.717, 1.165) is 32.4 Å². The fraction of sp³-hybridized carbons (Fsp3) is 1.00. The summed E-state index contributed by atoms with van der Waals surface area (Å²) < 4.78 is 36.8. The maximum absolute atomic E-state index is 12.3. The SMILES string of the molecule is CC(CC(F)(F)F)NC1CCCN(C(C)C)CC1. The van der Waals surface area contributed by atoms with E-state index in [0.29, 0.717) is 6.04 Å². The molecule has 0 saturated carbocycles. The Morgan fingerprint density at radius 2 is 1.83 bits per heavy atom. The summed E-state index contributed by atoms with van der Waals surface area (Å²) in [6.45, 7) is 8.00. The fourth-order valence-corrected chi connectivity index (χ4v) is 2.61. The van der Waals surface area contributed by atoms with Crippen molar-refractivity contribution in [1.82, 2.24) is 10.2 Å². The van der Waals surface area contributed by atoms with Gasteiger partial charge in [0, 0.05) is 18.1 Å². The first-order valence-corrected chi connectivity index (χ1v) is 6.85. The van der Waals surface area contributed by atoms with E-state index in [1.54, 1.807) is 6.92 Å². The summed E-state index contributed by atoms with van der Waals surface area (Å²) in [4.78, 5) is 2.40. The smallest absolute Gasteiger partial charge is 0.311 e. The zero-order valence-electron chi connectivity index (χ0n) is 11.6. The molecule has 5 heteroatoms. The predicted molar refractivity (Wildman–Crippen MR) is 67.6 cm³/mol. The maximum Gasteiger partial charge on any atom is 0.390 e. The number of hydrogen-bond acceptors (Lipinski definition) is 2. The Balaban J connectivity index is 2.35. The molecular weight excluding hydrogens is 241 g/mol. The largest absolute Gasteiger partial charge is 0.390 e. The zero-order valence-corrected chi connectivity index (χ0v) is 11.6. The number of rotatable bonds is 4. The van der Waals surface area contributed by atoms with Gasteiger partial charge in [0.1, 0.15) is 0 Å². The molecular formula is C13H25F3N2. The lowest BCUT2D eigenvalue weighted by Gasteiger charge is -2.25. The minimum absolute atomic E-state index is 0.228. The van der Waals surface area contributed by atoms with Gasteiger partial charge in [0.2, 0.25) is 0 Å². The van der Waals surface area contributed by atoms with Crippen LogP contribution in [-0.2, 0) is 0 Å². The highest BCUT2D eigenvalue weighted by atomic mass is 19.4. The van der Waals surface area contributed by atoms with E-state index in [4.69, 9.17) is 0 Å². The van der Waals surface area contributed by atoms with Crippen LogP contribution >= 0.6 is 0 Å².